The molecule has 0 N–H and O–H groups in total. The van der Waals surface area contributed by atoms with Crippen LogP contribution in [0.2, 0.25) is 0 Å². The molecule has 5 heteroatoms. The van der Waals surface area contributed by atoms with Crippen LogP contribution in [0, 0.1) is 5.82 Å². The van der Waals surface area contributed by atoms with E-state index in [0.29, 0.717) is 17.7 Å². The molecule has 1 aliphatic heterocycles. The molecule has 0 aromatic heterocycles. The van der Waals surface area contributed by atoms with Gasteiger partial charge in [0.1, 0.15) is 5.82 Å². The number of carbonyl (C=O) groups is 1. The summed E-state index contributed by atoms with van der Waals surface area (Å²) < 4.78 is 19.4. The molecule has 0 spiro atoms. The minimum Gasteiger partial charge on any atom is -0.379 e. The number of ether oxygens (including phenoxy) is 1. The molecule has 0 bridgehead atoms. The van der Waals surface area contributed by atoms with Crippen LogP contribution in [-0.4, -0.2) is 55.1 Å². The SMILES string of the molecule is O=C(c1ccccc1)N(CCCN1CCOCC1)Cc1ccccc1F. The third kappa shape index (κ3) is 5.13. The third-order valence-electron chi connectivity index (χ3n) is 4.63. The zero-order valence-corrected chi connectivity index (χ0v) is 14.9. The monoisotopic (exact) mass is 356 g/mol. The Morgan fingerprint density at radius 2 is 1.73 bits per heavy atom. The second kappa shape index (κ2) is 9.46. The Balaban J connectivity index is 1.66. The molecule has 1 fully saturated rings. The summed E-state index contributed by atoms with van der Waals surface area (Å²) in [6.45, 7) is 5.19. The first-order valence-electron chi connectivity index (χ1n) is 9.12. The molecule has 1 saturated heterocycles. The van der Waals surface area contributed by atoms with Crippen LogP contribution >= 0.6 is 0 Å². The average Bonchev–Trinajstić information content (AvgIpc) is 2.70. The lowest BCUT2D eigenvalue weighted by atomic mass is 10.1. The molecule has 138 valence electrons. The topological polar surface area (TPSA) is 32.8 Å². The van der Waals surface area contributed by atoms with Gasteiger partial charge in [0.2, 0.25) is 0 Å². The van der Waals surface area contributed by atoms with Crippen molar-refractivity contribution in [3.8, 4) is 0 Å². The standard InChI is InChI=1S/C21H25FN2O2/c22-20-10-5-4-9-19(20)17-24(21(25)18-7-2-1-3-8-18)12-6-11-23-13-15-26-16-14-23/h1-5,7-10H,6,11-17H2. The van der Waals surface area contributed by atoms with Crippen LogP contribution in [0.15, 0.2) is 54.6 Å². The second-order valence-corrected chi connectivity index (χ2v) is 6.49. The fraction of sp³-hybridized carbons (Fsp3) is 0.381. The van der Waals surface area contributed by atoms with Gasteiger partial charge in [-0.3, -0.25) is 9.69 Å². The molecule has 1 heterocycles. The van der Waals surface area contributed by atoms with Crippen molar-refractivity contribution < 1.29 is 13.9 Å². The molecule has 26 heavy (non-hydrogen) atoms. The maximum atomic E-state index is 14.1. The van der Waals surface area contributed by atoms with Crippen LogP contribution < -0.4 is 0 Å². The van der Waals surface area contributed by atoms with Crippen molar-refractivity contribution in [1.29, 1.82) is 0 Å². The summed E-state index contributed by atoms with van der Waals surface area (Å²) in [6.07, 6.45) is 0.854. The van der Waals surface area contributed by atoms with Gasteiger partial charge in [0, 0.05) is 43.9 Å². The van der Waals surface area contributed by atoms with Crippen molar-refractivity contribution in [2.75, 3.05) is 39.4 Å². The van der Waals surface area contributed by atoms with Crippen molar-refractivity contribution in [1.82, 2.24) is 9.80 Å². The summed E-state index contributed by atoms with van der Waals surface area (Å²) in [5.41, 5.74) is 1.18. The fourth-order valence-corrected chi connectivity index (χ4v) is 3.16. The largest absolute Gasteiger partial charge is 0.379 e. The van der Waals surface area contributed by atoms with Gasteiger partial charge in [0.25, 0.3) is 5.91 Å². The zero-order chi connectivity index (χ0) is 18.2. The van der Waals surface area contributed by atoms with Gasteiger partial charge >= 0.3 is 0 Å². The Morgan fingerprint density at radius 1 is 1.04 bits per heavy atom. The van der Waals surface area contributed by atoms with Crippen LogP contribution in [0.5, 0.6) is 0 Å². The lowest BCUT2D eigenvalue weighted by Gasteiger charge is -2.28. The van der Waals surface area contributed by atoms with E-state index >= 15 is 0 Å². The van der Waals surface area contributed by atoms with Crippen molar-refractivity contribution >= 4 is 5.91 Å². The van der Waals surface area contributed by atoms with E-state index in [1.165, 1.54) is 6.07 Å². The molecule has 0 saturated carbocycles. The second-order valence-electron chi connectivity index (χ2n) is 6.49. The number of nitrogens with zero attached hydrogens (tertiary/aromatic N) is 2. The molecule has 1 amide bonds. The normalized spacial score (nSPS) is 15.0. The molecule has 4 nitrogen and oxygen atoms in total. The number of hydrogen-bond acceptors (Lipinski definition) is 3. The van der Waals surface area contributed by atoms with Crippen LogP contribution in [0.1, 0.15) is 22.3 Å². The Bertz CT molecular complexity index is 702. The molecular formula is C21H25FN2O2. The van der Waals surface area contributed by atoms with E-state index in [4.69, 9.17) is 4.74 Å². The highest BCUT2D eigenvalue weighted by Crippen LogP contribution is 2.14. The summed E-state index contributed by atoms with van der Waals surface area (Å²) in [7, 11) is 0. The number of morpholine rings is 1. The third-order valence-corrected chi connectivity index (χ3v) is 4.63. The molecule has 2 aromatic rings. The van der Waals surface area contributed by atoms with Crippen LogP contribution in [0.3, 0.4) is 0 Å². The van der Waals surface area contributed by atoms with Crippen LogP contribution in [-0.2, 0) is 11.3 Å². The number of halogens is 1. The average molecular weight is 356 g/mol. The van der Waals surface area contributed by atoms with Crippen molar-refractivity contribution in [2.45, 2.75) is 13.0 Å². The van der Waals surface area contributed by atoms with Gasteiger partial charge in [0.05, 0.1) is 13.2 Å². The Labute approximate surface area is 154 Å². The highest BCUT2D eigenvalue weighted by atomic mass is 19.1. The maximum absolute atomic E-state index is 14.1. The summed E-state index contributed by atoms with van der Waals surface area (Å²) >= 11 is 0. The first-order chi connectivity index (χ1) is 12.7. The molecule has 3 rings (SSSR count). The fourth-order valence-electron chi connectivity index (χ4n) is 3.16. The van der Waals surface area contributed by atoms with Crippen molar-refractivity contribution in [3.63, 3.8) is 0 Å². The number of hydrogen-bond donors (Lipinski definition) is 0. The van der Waals surface area contributed by atoms with E-state index in [-0.39, 0.29) is 18.3 Å². The molecule has 0 radical (unpaired) electrons. The molecule has 0 aliphatic carbocycles. The van der Waals surface area contributed by atoms with E-state index in [2.05, 4.69) is 4.90 Å². The first kappa shape index (κ1) is 18.5. The van der Waals surface area contributed by atoms with Gasteiger partial charge in [-0.15, -0.1) is 0 Å². The number of amides is 1. The lowest BCUT2D eigenvalue weighted by molar-refractivity contribution is 0.0355. The van der Waals surface area contributed by atoms with E-state index in [1.807, 2.05) is 18.2 Å². The van der Waals surface area contributed by atoms with E-state index < -0.39 is 0 Å². The molecular weight excluding hydrogens is 331 g/mol. The van der Waals surface area contributed by atoms with Gasteiger partial charge < -0.3 is 9.64 Å². The van der Waals surface area contributed by atoms with Crippen LogP contribution in [0.25, 0.3) is 0 Å². The first-order valence-corrected chi connectivity index (χ1v) is 9.12. The number of benzene rings is 2. The quantitative estimate of drug-likeness (QED) is 0.764. The summed E-state index contributed by atoms with van der Waals surface area (Å²) in [4.78, 5) is 17.0. The summed E-state index contributed by atoms with van der Waals surface area (Å²) in [5.74, 6) is -0.331. The van der Waals surface area contributed by atoms with E-state index in [9.17, 15) is 9.18 Å². The number of rotatable bonds is 7. The van der Waals surface area contributed by atoms with Crippen molar-refractivity contribution in [2.24, 2.45) is 0 Å². The summed E-state index contributed by atoms with van der Waals surface area (Å²) in [5, 5.41) is 0. The molecule has 2 aromatic carbocycles. The smallest absolute Gasteiger partial charge is 0.254 e. The Morgan fingerprint density at radius 3 is 2.46 bits per heavy atom. The van der Waals surface area contributed by atoms with Crippen molar-refractivity contribution in [3.05, 3.63) is 71.5 Å². The molecule has 0 atom stereocenters. The predicted molar refractivity (Wildman–Crippen MR) is 99.5 cm³/mol. The van der Waals surface area contributed by atoms with E-state index in [1.54, 1.807) is 35.2 Å². The van der Waals surface area contributed by atoms with Gasteiger partial charge in [0.15, 0.2) is 0 Å². The molecule has 1 aliphatic rings. The Kier molecular flexibility index (Phi) is 6.75. The number of carbonyl (C=O) groups excluding carboxylic acids is 1. The molecule has 0 unspecified atom stereocenters. The maximum Gasteiger partial charge on any atom is 0.254 e. The lowest BCUT2D eigenvalue weighted by Crippen LogP contribution is -2.39. The van der Waals surface area contributed by atoms with Gasteiger partial charge in [-0.2, -0.15) is 0 Å². The van der Waals surface area contributed by atoms with Gasteiger partial charge in [-0.1, -0.05) is 36.4 Å². The highest BCUT2D eigenvalue weighted by molar-refractivity contribution is 5.94. The van der Waals surface area contributed by atoms with Crippen LogP contribution in [0.4, 0.5) is 4.39 Å². The van der Waals surface area contributed by atoms with Gasteiger partial charge in [-0.05, 0) is 24.6 Å². The van der Waals surface area contributed by atoms with Gasteiger partial charge in [-0.25, -0.2) is 4.39 Å². The minimum atomic E-state index is -0.272. The highest BCUT2D eigenvalue weighted by Gasteiger charge is 2.18. The van der Waals surface area contributed by atoms with E-state index in [0.717, 1.165) is 39.3 Å². The Hall–Kier alpha value is -2.24. The zero-order valence-electron chi connectivity index (χ0n) is 14.9. The predicted octanol–water partition coefficient (Wildman–Crippen LogP) is 3.19. The minimum absolute atomic E-state index is 0.0594. The summed E-state index contributed by atoms with van der Waals surface area (Å²) in [6, 6.07) is 15.8.